The Labute approximate surface area is 256 Å². The molecule has 5 N–H and O–H groups in total. The smallest absolute Gasteiger partial charge is 0.240 e. The third kappa shape index (κ3) is 10.5. The first kappa shape index (κ1) is 34.2. The lowest BCUT2D eigenvalue weighted by atomic mass is 9.85. The Morgan fingerprint density at radius 2 is 1.69 bits per heavy atom. The second-order valence-electron chi connectivity index (χ2n) is 10.1. The summed E-state index contributed by atoms with van der Waals surface area (Å²) in [7, 11) is -1.75. The third-order valence-corrected chi connectivity index (χ3v) is 8.82. The van der Waals surface area contributed by atoms with Crippen molar-refractivity contribution < 1.29 is 32.2 Å². The van der Waals surface area contributed by atoms with E-state index in [0.29, 0.717) is 49.4 Å². The van der Waals surface area contributed by atoms with E-state index in [2.05, 4.69) is 9.62 Å². The number of carbonyl (C=O) groups excluding carboxylic acids is 2. The Hall–Kier alpha value is -2.29. The predicted octanol–water partition coefficient (Wildman–Crippen LogP) is 2.27. The maximum atomic E-state index is 13.0. The minimum atomic E-state index is -3.76. The zero-order chi connectivity index (χ0) is 30.7. The van der Waals surface area contributed by atoms with Crippen LogP contribution in [-0.4, -0.2) is 84.9 Å². The molecule has 1 heterocycles. The molecule has 232 valence electrons. The lowest BCUT2D eigenvalue weighted by Gasteiger charge is -2.33. The normalized spacial score (nSPS) is 16.2. The van der Waals surface area contributed by atoms with Gasteiger partial charge >= 0.3 is 0 Å². The molecule has 2 aromatic carbocycles. The summed E-state index contributed by atoms with van der Waals surface area (Å²) in [5, 5.41) is 1.15. The van der Waals surface area contributed by atoms with Gasteiger partial charge in [0.25, 0.3) is 0 Å². The Morgan fingerprint density at radius 3 is 2.36 bits per heavy atom. The van der Waals surface area contributed by atoms with Crippen LogP contribution in [0.3, 0.4) is 0 Å². The van der Waals surface area contributed by atoms with E-state index in [1.54, 1.807) is 24.3 Å². The van der Waals surface area contributed by atoms with Gasteiger partial charge in [0.1, 0.15) is 0 Å². The highest BCUT2D eigenvalue weighted by molar-refractivity contribution is 7.89. The number of halogens is 2. The molecule has 42 heavy (non-hydrogen) atoms. The van der Waals surface area contributed by atoms with Crippen molar-refractivity contribution in [1.29, 1.82) is 0 Å². The van der Waals surface area contributed by atoms with Gasteiger partial charge < -0.3 is 30.6 Å². The highest BCUT2D eigenvalue weighted by Gasteiger charge is 2.28. The number of rotatable bonds is 18. The number of carbonyl (C=O) groups is 2. The van der Waals surface area contributed by atoms with E-state index in [9.17, 15) is 18.0 Å². The number of hydrogen-bond donors (Lipinski definition) is 3. The van der Waals surface area contributed by atoms with Gasteiger partial charge in [0.15, 0.2) is 0 Å². The van der Waals surface area contributed by atoms with Crippen LogP contribution in [0.5, 0.6) is 0 Å². The van der Waals surface area contributed by atoms with Gasteiger partial charge in [-0.15, -0.1) is 0 Å². The number of benzene rings is 2. The van der Waals surface area contributed by atoms with Gasteiger partial charge in [-0.3, -0.25) is 9.59 Å². The van der Waals surface area contributed by atoms with E-state index >= 15 is 0 Å². The molecule has 2 aromatic rings. The average molecular weight is 646 g/mol. The Bertz CT molecular complexity index is 1330. The van der Waals surface area contributed by atoms with Crippen LogP contribution in [0.4, 0.5) is 0 Å². The minimum Gasteiger partial charge on any atom is -0.379 e. The van der Waals surface area contributed by atoms with Gasteiger partial charge in [0.2, 0.25) is 21.8 Å². The molecule has 11 nitrogen and oxygen atoms in total. The number of hydrogen-bond acceptors (Lipinski definition) is 8. The van der Waals surface area contributed by atoms with Crippen LogP contribution in [0.15, 0.2) is 41.3 Å². The number of amides is 2. The van der Waals surface area contributed by atoms with Crippen molar-refractivity contribution >= 4 is 45.0 Å². The molecule has 0 fully saturated rings. The van der Waals surface area contributed by atoms with Gasteiger partial charge in [-0.05, 0) is 54.4 Å². The van der Waals surface area contributed by atoms with E-state index in [1.807, 2.05) is 19.2 Å². The Morgan fingerprint density at radius 1 is 1.02 bits per heavy atom. The van der Waals surface area contributed by atoms with Gasteiger partial charge in [0, 0.05) is 54.5 Å². The number of nitrogens with two attached hydrogens (primary N) is 2. The highest BCUT2D eigenvalue weighted by atomic mass is 35.5. The first-order valence-electron chi connectivity index (χ1n) is 13.5. The molecule has 0 radical (unpaired) electrons. The summed E-state index contributed by atoms with van der Waals surface area (Å²) >= 11 is 12.8. The summed E-state index contributed by atoms with van der Waals surface area (Å²) in [6.45, 7) is 3.10. The number of likely N-dealkylation sites (N-methyl/N-ethyl adjacent to an activating group) is 1. The molecule has 3 rings (SSSR count). The molecule has 2 amide bonds. The Balaban J connectivity index is 1.37. The largest absolute Gasteiger partial charge is 0.379 e. The molecule has 0 aromatic heterocycles. The lowest BCUT2D eigenvalue weighted by molar-refractivity contribution is -0.127. The van der Waals surface area contributed by atoms with Crippen molar-refractivity contribution in [3.8, 4) is 0 Å². The summed E-state index contributed by atoms with van der Waals surface area (Å²) in [6, 6.07) is 10.5. The van der Waals surface area contributed by atoms with Crippen LogP contribution in [0.25, 0.3) is 0 Å². The number of sulfonamides is 1. The lowest BCUT2D eigenvalue weighted by Crippen LogP contribution is -2.31. The second-order valence-corrected chi connectivity index (χ2v) is 12.7. The summed E-state index contributed by atoms with van der Waals surface area (Å²) < 4.78 is 44.8. The zero-order valence-corrected chi connectivity index (χ0v) is 25.8. The fraction of sp³-hybridized carbons (Fsp3) is 0.500. The average Bonchev–Trinajstić information content (AvgIpc) is 2.92. The van der Waals surface area contributed by atoms with Crippen LogP contribution in [0.1, 0.15) is 35.4 Å². The first-order chi connectivity index (χ1) is 20.0. The molecule has 0 aliphatic carbocycles. The number of fused-ring (bicyclic) bond motifs is 1. The molecular weight excluding hydrogens is 607 g/mol. The molecule has 0 bridgehead atoms. The number of primary amides is 2. The van der Waals surface area contributed by atoms with Gasteiger partial charge in [-0.2, -0.15) is 0 Å². The molecular formula is C28H38Cl2N4O7S. The number of nitrogens with one attached hydrogen (secondary N) is 1. The number of nitrogens with zero attached hydrogens (tertiary/aromatic N) is 1. The summed E-state index contributed by atoms with van der Waals surface area (Å²) in [5.41, 5.74) is 13.2. The van der Waals surface area contributed by atoms with Crippen LogP contribution in [0, 0.1) is 5.92 Å². The number of ether oxygens (including phenoxy) is 3. The maximum absolute atomic E-state index is 13.0. The summed E-state index contributed by atoms with van der Waals surface area (Å²) in [6.07, 6.45) is 0.199. The van der Waals surface area contributed by atoms with E-state index in [4.69, 9.17) is 48.9 Å². The maximum Gasteiger partial charge on any atom is 0.240 e. The van der Waals surface area contributed by atoms with Crippen LogP contribution in [0.2, 0.25) is 10.0 Å². The standard InChI is InChI=1S/C28H38Cl2N4O7S/c1-34-17-24(23-15-21(29)16-26(30)25(23)18-34)19-3-2-4-22(13-19)42(37,38)33-6-8-40-10-12-41-11-9-39-7-5-20(28(32)36)14-27(31)35/h2-4,13,15-16,20,24,33H,5-12,14,17-18H2,1H3,(H2,31,35)(H2,32,36). The molecule has 0 saturated carbocycles. The fourth-order valence-corrected chi connectivity index (χ4v) is 6.35. The van der Waals surface area contributed by atoms with Crippen LogP contribution >= 0.6 is 23.2 Å². The highest BCUT2D eigenvalue weighted by Crippen LogP contribution is 2.38. The van der Waals surface area contributed by atoms with Crippen LogP contribution in [-0.2, 0) is 40.4 Å². The minimum absolute atomic E-state index is 0.0762. The van der Waals surface area contributed by atoms with E-state index in [0.717, 1.165) is 16.7 Å². The molecule has 2 unspecified atom stereocenters. The second kappa shape index (κ2) is 16.5. The van der Waals surface area contributed by atoms with Crippen molar-refractivity contribution in [2.75, 3.05) is 59.8 Å². The Kier molecular flexibility index (Phi) is 13.5. The van der Waals surface area contributed by atoms with Crippen molar-refractivity contribution in [3.05, 3.63) is 63.1 Å². The van der Waals surface area contributed by atoms with Crippen molar-refractivity contribution in [2.45, 2.75) is 30.2 Å². The molecule has 2 atom stereocenters. The van der Waals surface area contributed by atoms with E-state index in [1.165, 1.54) is 0 Å². The molecule has 0 saturated heterocycles. The molecule has 1 aliphatic heterocycles. The van der Waals surface area contributed by atoms with E-state index < -0.39 is 27.8 Å². The molecule has 14 heteroatoms. The van der Waals surface area contributed by atoms with Crippen molar-refractivity contribution in [2.24, 2.45) is 17.4 Å². The van der Waals surface area contributed by atoms with Gasteiger partial charge in [-0.25, -0.2) is 13.1 Å². The van der Waals surface area contributed by atoms with Crippen LogP contribution < -0.4 is 16.2 Å². The van der Waals surface area contributed by atoms with Crippen molar-refractivity contribution in [1.82, 2.24) is 9.62 Å². The topological polar surface area (TPSA) is 163 Å². The van der Waals surface area contributed by atoms with Gasteiger partial charge in [-0.1, -0.05) is 35.3 Å². The van der Waals surface area contributed by atoms with Crippen molar-refractivity contribution in [3.63, 3.8) is 0 Å². The predicted molar refractivity (Wildman–Crippen MR) is 160 cm³/mol. The first-order valence-corrected chi connectivity index (χ1v) is 15.8. The van der Waals surface area contributed by atoms with E-state index in [-0.39, 0.29) is 43.6 Å². The van der Waals surface area contributed by atoms with Gasteiger partial charge in [0.05, 0.1) is 37.9 Å². The SMILES string of the molecule is CN1Cc2c(Cl)cc(Cl)cc2C(c2cccc(S(=O)(=O)NCCOCCOCCOCCC(CC(N)=O)C(N)=O)c2)C1. The molecule has 0 spiro atoms. The zero-order valence-electron chi connectivity index (χ0n) is 23.5. The summed E-state index contributed by atoms with van der Waals surface area (Å²) in [4.78, 5) is 24.6. The fourth-order valence-electron chi connectivity index (χ4n) is 4.72. The summed E-state index contributed by atoms with van der Waals surface area (Å²) in [5.74, 6) is -1.89. The molecule has 1 aliphatic rings. The third-order valence-electron chi connectivity index (χ3n) is 6.81. The monoisotopic (exact) mass is 644 g/mol. The quantitative estimate of drug-likeness (QED) is 0.208.